The van der Waals surface area contributed by atoms with Crippen molar-refractivity contribution >= 4 is 11.8 Å². The summed E-state index contributed by atoms with van der Waals surface area (Å²) in [5.74, 6) is -0.204. The number of amides is 2. The smallest absolute Gasteiger partial charge is 0.270 e. The molecule has 146 valence electrons. The van der Waals surface area contributed by atoms with Crippen molar-refractivity contribution in [2.24, 2.45) is 0 Å². The molecule has 1 saturated carbocycles. The van der Waals surface area contributed by atoms with Crippen LogP contribution in [0.3, 0.4) is 0 Å². The Kier molecular flexibility index (Phi) is 5.78. The normalized spacial score (nSPS) is 13.2. The van der Waals surface area contributed by atoms with Crippen LogP contribution in [0.25, 0.3) is 11.3 Å². The molecule has 1 aliphatic rings. The second-order valence-electron chi connectivity index (χ2n) is 7.25. The van der Waals surface area contributed by atoms with Crippen LogP contribution in [0.1, 0.15) is 67.2 Å². The molecule has 7 nitrogen and oxygen atoms in total. The van der Waals surface area contributed by atoms with Gasteiger partial charge < -0.3 is 10.6 Å². The van der Waals surface area contributed by atoms with Gasteiger partial charge in [-0.2, -0.15) is 10.4 Å². The third kappa shape index (κ3) is 4.06. The lowest BCUT2D eigenvalue weighted by atomic mass is 10.0. The van der Waals surface area contributed by atoms with E-state index in [0.717, 1.165) is 29.7 Å². The van der Waals surface area contributed by atoms with Crippen LogP contribution in [0.2, 0.25) is 0 Å². The SMILES string of the molecule is CCNC(=O)CNC(=O)c1c(C2CC2)c(-c2ccc(C#N)cc2)nn1C(C)C. The maximum Gasteiger partial charge on any atom is 0.270 e. The summed E-state index contributed by atoms with van der Waals surface area (Å²) in [5.41, 5.74) is 3.72. The molecule has 1 heterocycles. The van der Waals surface area contributed by atoms with Crippen molar-refractivity contribution in [3.63, 3.8) is 0 Å². The largest absolute Gasteiger partial charge is 0.355 e. The first-order valence-electron chi connectivity index (χ1n) is 9.64. The molecule has 0 unspecified atom stereocenters. The molecular formula is C21H25N5O2. The molecule has 2 amide bonds. The number of benzene rings is 1. The lowest BCUT2D eigenvalue weighted by Gasteiger charge is -2.12. The van der Waals surface area contributed by atoms with Crippen molar-refractivity contribution in [3.8, 4) is 17.3 Å². The summed E-state index contributed by atoms with van der Waals surface area (Å²) in [6, 6.07) is 9.37. The second kappa shape index (κ2) is 8.26. The van der Waals surface area contributed by atoms with Crippen LogP contribution in [0.5, 0.6) is 0 Å². The molecule has 7 heteroatoms. The summed E-state index contributed by atoms with van der Waals surface area (Å²) in [4.78, 5) is 24.7. The fraction of sp³-hybridized carbons (Fsp3) is 0.429. The van der Waals surface area contributed by atoms with Crippen LogP contribution in [0, 0.1) is 11.3 Å². The third-order valence-corrected chi connectivity index (χ3v) is 4.71. The van der Waals surface area contributed by atoms with Gasteiger partial charge in [0, 0.05) is 23.7 Å². The monoisotopic (exact) mass is 379 g/mol. The Labute approximate surface area is 164 Å². The highest BCUT2D eigenvalue weighted by Gasteiger charge is 2.36. The zero-order valence-corrected chi connectivity index (χ0v) is 16.5. The van der Waals surface area contributed by atoms with E-state index < -0.39 is 0 Å². The molecule has 0 saturated heterocycles. The van der Waals surface area contributed by atoms with E-state index >= 15 is 0 Å². The number of carbonyl (C=O) groups is 2. The van der Waals surface area contributed by atoms with E-state index in [0.29, 0.717) is 23.7 Å². The van der Waals surface area contributed by atoms with E-state index in [-0.39, 0.29) is 24.4 Å². The fourth-order valence-electron chi connectivity index (χ4n) is 3.23. The van der Waals surface area contributed by atoms with Crippen LogP contribution in [0.4, 0.5) is 0 Å². The van der Waals surface area contributed by atoms with Gasteiger partial charge in [-0.3, -0.25) is 14.3 Å². The van der Waals surface area contributed by atoms with E-state index in [2.05, 4.69) is 16.7 Å². The molecule has 0 spiro atoms. The molecule has 0 radical (unpaired) electrons. The van der Waals surface area contributed by atoms with Crippen LogP contribution in [-0.4, -0.2) is 34.7 Å². The minimum Gasteiger partial charge on any atom is -0.355 e. The van der Waals surface area contributed by atoms with Crippen LogP contribution >= 0.6 is 0 Å². The molecule has 0 atom stereocenters. The van der Waals surface area contributed by atoms with E-state index in [9.17, 15) is 9.59 Å². The molecule has 0 aliphatic heterocycles. The highest BCUT2D eigenvalue weighted by molar-refractivity contribution is 5.98. The molecule has 3 rings (SSSR count). The fourth-order valence-corrected chi connectivity index (χ4v) is 3.23. The van der Waals surface area contributed by atoms with Gasteiger partial charge in [-0.1, -0.05) is 12.1 Å². The standard InChI is InChI=1S/C21H25N5O2/c1-4-23-17(27)12-24-21(28)20-18(15-9-10-15)19(25-26(20)13(2)3)16-7-5-14(11-22)6-8-16/h5-8,13,15H,4,9-10,12H2,1-3H3,(H,23,27)(H,24,28). The first-order valence-corrected chi connectivity index (χ1v) is 9.64. The average molecular weight is 379 g/mol. The van der Waals surface area contributed by atoms with Crippen molar-refractivity contribution in [1.29, 1.82) is 5.26 Å². The summed E-state index contributed by atoms with van der Waals surface area (Å²) in [6.07, 6.45) is 2.04. The molecule has 0 bridgehead atoms. The lowest BCUT2D eigenvalue weighted by Crippen LogP contribution is -2.38. The third-order valence-electron chi connectivity index (χ3n) is 4.71. The number of hydrogen-bond acceptors (Lipinski definition) is 4. The number of nitrogens with zero attached hydrogens (tertiary/aromatic N) is 3. The van der Waals surface area contributed by atoms with Gasteiger partial charge in [-0.05, 0) is 51.7 Å². The zero-order chi connectivity index (χ0) is 20.3. The molecule has 2 N–H and O–H groups in total. The van der Waals surface area contributed by atoms with E-state index in [4.69, 9.17) is 10.4 Å². The maximum absolute atomic E-state index is 13.0. The molecular weight excluding hydrogens is 354 g/mol. The predicted octanol–water partition coefficient (Wildman–Crippen LogP) is 2.75. The number of aromatic nitrogens is 2. The number of nitrogens with one attached hydrogen (secondary N) is 2. The highest BCUT2D eigenvalue weighted by Crippen LogP contribution is 2.46. The van der Waals surface area contributed by atoms with Crippen LogP contribution < -0.4 is 10.6 Å². The Hall–Kier alpha value is -3.14. The zero-order valence-electron chi connectivity index (χ0n) is 16.5. The number of hydrogen-bond donors (Lipinski definition) is 2. The van der Waals surface area contributed by atoms with Gasteiger partial charge in [0.25, 0.3) is 5.91 Å². The lowest BCUT2D eigenvalue weighted by molar-refractivity contribution is -0.120. The van der Waals surface area contributed by atoms with Gasteiger partial charge >= 0.3 is 0 Å². The molecule has 1 aromatic heterocycles. The predicted molar refractivity (Wildman–Crippen MR) is 106 cm³/mol. The van der Waals surface area contributed by atoms with Crippen molar-refractivity contribution in [3.05, 3.63) is 41.1 Å². The van der Waals surface area contributed by atoms with E-state index in [1.54, 1.807) is 16.8 Å². The van der Waals surface area contributed by atoms with Gasteiger partial charge in [0.2, 0.25) is 5.91 Å². The van der Waals surface area contributed by atoms with Gasteiger partial charge in [-0.15, -0.1) is 0 Å². The molecule has 1 fully saturated rings. The Morgan fingerprint density at radius 1 is 1.25 bits per heavy atom. The topological polar surface area (TPSA) is 99.8 Å². The first kappa shape index (κ1) is 19.6. The summed E-state index contributed by atoms with van der Waals surface area (Å²) in [6.45, 7) is 6.25. The molecule has 2 aromatic rings. The minimum atomic E-state index is -0.283. The van der Waals surface area contributed by atoms with E-state index in [1.807, 2.05) is 32.9 Å². The van der Waals surface area contributed by atoms with Crippen molar-refractivity contribution in [2.45, 2.75) is 45.6 Å². The second-order valence-corrected chi connectivity index (χ2v) is 7.25. The van der Waals surface area contributed by atoms with Gasteiger partial charge in [0.15, 0.2) is 0 Å². The van der Waals surface area contributed by atoms with Crippen LogP contribution in [0.15, 0.2) is 24.3 Å². The van der Waals surface area contributed by atoms with Crippen LogP contribution in [-0.2, 0) is 4.79 Å². The molecule has 1 aromatic carbocycles. The first-order chi connectivity index (χ1) is 13.5. The molecule has 28 heavy (non-hydrogen) atoms. The number of likely N-dealkylation sites (N-methyl/N-ethyl adjacent to an activating group) is 1. The van der Waals surface area contributed by atoms with Crippen molar-refractivity contribution in [1.82, 2.24) is 20.4 Å². The Bertz CT molecular complexity index is 918. The van der Waals surface area contributed by atoms with Crippen molar-refractivity contribution < 1.29 is 9.59 Å². The average Bonchev–Trinajstić information content (AvgIpc) is 3.45. The summed E-state index contributed by atoms with van der Waals surface area (Å²) in [5, 5.41) is 19.2. The minimum absolute atomic E-state index is 0.00477. The Morgan fingerprint density at radius 3 is 2.46 bits per heavy atom. The van der Waals surface area contributed by atoms with Gasteiger partial charge in [0.1, 0.15) is 5.69 Å². The maximum atomic E-state index is 13.0. The van der Waals surface area contributed by atoms with Gasteiger partial charge in [0.05, 0.1) is 23.9 Å². The van der Waals surface area contributed by atoms with Crippen molar-refractivity contribution in [2.75, 3.05) is 13.1 Å². The summed E-state index contributed by atoms with van der Waals surface area (Å²) in [7, 11) is 0. The number of carbonyl (C=O) groups excluding carboxylic acids is 2. The molecule has 1 aliphatic carbocycles. The number of nitriles is 1. The summed E-state index contributed by atoms with van der Waals surface area (Å²) < 4.78 is 1.74. The number of rotatable bonds is 7. The quantitative estimate of drug-likeness (QED) is 0.772. The van der Waals surface area contributed by atoms with E-state index in [1.165, 1.54) is 0 Å². The summed E-state index contributed by atoms with van der Waals surface area (Å²) >= 11 is 0. The van der Waals surface area contributed by atoms with Gasteiger partial charge in [-0.25, -0.2) is 0 Å². The Balaban J connectivity index is 2.00. The highest BCUT2D eigenvalue weighted by atomic mass is 16.2. The Morgan fingerprint density at radius 2 is 1.93 bits per heavy atom.